The van der Waals surface area contributed by atoms with Gasteiger partial charge in [0.1, 0.15) is 5.75 Å². The number of nitrogens with one attached hydrogen (secondary N) is 1. The molecule has 0 amide bonds. The van der Waals surface area contributed by atoms with E-state index in [2.05, 4.69) is 17.4 Å². The molecule has 3 nitrogen and oxygen atoms in total. The van der Waals surface area contributed by atoms with Crippen LogP contribution in [0.25, 0.3) is 0 Å². The summed E-state index contributed by atoms with van der Waals surface area (Å²) in [6.07, 6.45) is 8.01. The zero-order valence-corrected chi connectivity index (χ0v) is 12.6. The van der Waals surface area contributed by atoms with Crippen molar-refractivity contribution in [3.63, 3.8) is 0 Å². The zero-order valence-electron chi connectivity index (χ0n) is 12.6. The van der Waals surface area contributed by atoms with Gasteiger partial charge in [0.2, 0.25) is 0 Å². The van der Waals surface area contributed by atoms with Crippen molar-refractivity contribution in [1.82, 2.24) is 5.32 Å². The van der Waals surface area contributed by atoms with E-state index in [1.807, 2.05) is 12.1 Å². The molecule has 1 N–H and O–H groups in total. The normalized spacial score (nSPS) is 16.2. The summed E-state index contributed by atoms with van der Waals surface area (Å²) in [5.41, 5.74) is 1.20. The molecule has 0 bridgehead atoms. The Labute approximate surface area is 122 Å². The lowest BCUT2D eigenvalue weighted by atomic mass is 9.95. The van der Waals surface area contributed by atoms with Gasteiger partial charge in [-0.2, -0.15) is 0 Å². The fourth-order valence-electron chi connectivity index (χ4n) is 2.70. The van der Waals surface area contributed by atoms with Gasteiger partial charge in [-0.25, -0.2) is 0 Å². The van der Waals surface area contributed by atoms with E-state index in [1.165, 1.54) is 37.7 Å². The second kappa shape index (κ2) is 8.98. The van der Waals surface area contributed by atoms with Gasteiger partial charge in [0.05, 0.1) is 13.7 Å². The highest BCUT2D eigenvalue weighted by Gasteiger charge is 2.11. The molecule has 0 radical (unpaired) electrons. The van der Waals surface area contributed by atoms with E-state index in [9.17, 15) is 0 Å². The Bertz CT molecular complexity index is 358. The maximum Gasteiger partial charge on any atom is 0.118 e. The molecule has 0 heterocycles. The Hall–Kier alpha value is -1.06. The van der Waals surface area contributed by atoms with Crippen molar-refractivity contribution >= 4 is 0 Å². The van der Waals surface area contributed by atoms with Crippen LogP contribution in [0.15, 0.2) is 24.3 Å². The molecule has 1 aromatic rings. The van der Waals surface area contributed by atoms with Crippen LogP contribution in [-0.2, 0) is 11.3 Å². The van der Waals surface area contributed by atoms with Gasteiger partial charge >= 0.3 is 0 Å². The number of methoxy groups -OCH3 is 1. The third-order valence-corrected chi connectivity index (χ3v) is 3.93. The van der Waals surface area contributed by atoms with Gasteiger partial charge < -0.3 is 14.8 Å². The van der Waals surface area contributed by atoms with E-state index >= 15 is 0 Å². The summed E-state index contributed by atoms with van der Waals surface area (Å²) in [6, 6.07) is 8.82. The Kier molecular flexibility index (Phi) is 6.89. The highest BCUT2D eigenvalue weighted by atomic mass is 16.5. The summed E-state index contributed by atoms with van der Waals surface area (Å²) in [6.45, 7) is 2.59. The van der Waals surface area contributed by atoms with E-state index in [-0.39, 0.29) is 0 Å². The highest BCUT2D eigenvalue weighted by Crippen LogP contribution is 2.17. The average Bonchev–Trinajstić information content (AvgIpc) is 2.52. The third-order valence-electron chi connectivity index (χ3n) is 3.93. The van der Waals surface area contributed by atoms with Crippen molar-refractivity contribution in [2.75, 3.05) is 20.3 Å². The molecule has 1 fully saturated rings. The summed E-state index contributed by atoms with van der Waals surface area (Å²) in [5.74, 6) is 0.894. The Morgan fingerprint density at radius 1 is 1.10 bits per heavy atom. The highest BCUT2D eigenvalue weighted by molar-refractivity contribution is 5.26. The number of rotatable bonds is 8. The van der Waals surface area contributed by atoms with Crippen molar-refractivity contribution < 1.29 is 9.47 Å². The van der Waals surface area contributed by atoms with Crippen LogP contribution in [0.4, 0.5) is 0 Å². The van der Waals surface area contributed by atoms with Crippen molar-refractivity contribution in [3.05, 3.63) is 29.8 Å². The van der Waals surface area contributed by atoms with Crippen molar-refractivity contribution in [2.45, 2.75) is 51.2 Å². The predicted molar refractivity (Wildman–Crippen MR) is 82.1 cm³/mol. The summed E-state index contributed by atoms with van der Waals surface area (Å²) in [4.78, 5) is 0. The molecule has 0 aromatic heterocycles. The number of ether oxygens (including phenoxy) is 2. The minimum absolute atomic E-state index is 0.688. The van der Waals surface area contributed by atoms with Gasteiger partial charge in [-0.3, -0.25) is 0 Å². The summed E-state index contributed by atoms with van der Waals surface area (Å²) in [7, 11) is 1.69. The molecule has 0 spiro atoms. The molecular formula is C17H27NO2. The minimum atomic E-state index is 0.688. The van der Waals surface area contributed by atoms with Crippen LogP contribution >= 0.6 is 0 Å². The molecule has 1 aliphatic rings. The van der Waals surface area contributed by atoms with E-state index in [1.54, 1.807) is 7.11 Å². The monoisotopic (exact) mass is 277 g/mol. The quantitative estimate of drug-likeness (QED) is 0.737. The predicted octanol–water partition coefficient (Wildman–Crippen LogP) is 3.52. The first kappa shape index (κ1) is 15.3. The standard InChI is InChI=1S/C17H27NO2/c1-19-17-10-8-15(9-11-17)14-20-13-5-12-18-16-6-3-2-4-7-16/h8-11,16,18H,2-7,12-14H2,1H3. The van der Waals surface area contributed by atoms with Gasteiger partial charge in [0.25, 0.3) is 0 Å². The molecule has 112 valence electrons. The second-order valence-corrected chi connectivity index (χ2v) is 5.54. The smallest absolute Gasteiger partial charge is 0.118 e. The van der Waals surface area contributed by atoms with Crippen LogP contribution in [0.1, 0.15) is 44.1 Å². The fourth-order valence-corrected chi connectivity index (χ4v) is 2.70. The number of hydrogen-bond acceptors (Lipinski definition) is 3. The molecule has 3 heteroatoms. The van der Waals surface area contributed by atoms with Crippen LogP contribution in [0.2, 0.25) is 0 Å². The van der Waals surface area contributed by atoms with E-state index in [0.29, 0.717) is 6.61 Å². The van der Waals surface area contributed by atoms with Crippen LogP contribution < -0.4 is 10.1 Å². The topological polar surface area (TPSA) is 30.5 Å². The molecule has 0 saturated heterocycles. The maximum absolute atomic E-state index is 5.70. The molecular weight excluding hydrogens is 250 g/mol. The largest absolute Gasteiger partial charge is 0.497 e. The molecule has 1 aliphatic carbocycles. The SMILES string of the molecule is COc1ccc(COCCCNC2CCCCC2)cc1. The molecule has 0 aliphatic heterocycles. The Morgan fingerprint density at radius 2 is 1.85 bits per heavy atom. The van der Waals surface area contributed by atoms with Crippen LogP contribution in [0, 0.1) is 0 Å². The van der Waals surface area contributed by atoms with Gasteiger partial charge in [0, 0.05) is 12.6 Å². The Balaban J connectivity index is 1.50. The average molecular weight is 277 g/mol. The summed E-state index contributed by atoms with van der Waals surface area (Å²) < 4.78 is 10.8. The zero-order chi connectivity index (χ0) is 14.0. The van der Waals surface area contributed by atoms with E-state index in [4.69, 9.17) is 9.47 Å². The first-order valence-corrected chi connectivity index (χ1v) is 7.82. The van der Waals surface area contributed by atoms with Crippen molar-refractivity contribution in [3.8, 4) is 5.75 Å². The summed E-state index contributed by atoms with van der Waals surface area (Å²) >= 11 is 0. The molecule has 1 saturated carbocycles. The first-order chi connectivity index (χ1) is 9.88. The van der Waals surface area contributed by atoms with Gasteiger partial charge in [-0.15, -0.1) is 0 Å². The number of hydrogen-bond donors (Lipinski definition) is 1. The fraction of sp³-hybridized carbons (Fsp3) is 0.647. The van der Waals surface area contributed by atoms with Gasteiger partial charge in [0.15, 0.2) is 0 Å². The maximum atomic E-state index is 5.70. The van der Waals surface area contributed by atoms with Crippen molar-refractivity contribution in [2.24, 2.45) is 0 Å². The third kappa shape index (κ3) is 5.51. The molecule has 2 rings (SSSR count). The lowest BCUT2D eigenvalue weighted by molar-refractivity contribution is 0.117. The van der Waals surface area contributed by atoms with E-state index < -0.39 is 0 Å². The molecule has 1 aromatic carbocycles. The van der Waals surface area contributed by atoms with Crippen LogP contribution in [-0.4, -0.2) is 26.3 Å². The number of benzene rings is 1. The van der Waals surface area contributed by atoms with Crippen LogP contribution in [0.3, 0.4) is 0 Å². The first-order valence-electron chi connectivity index (χ1n) is 7.82. The minimum Gasteiger partial charge on any atom is -0.497 e. The van der Waals surface area contributed by atoms with Gasteiger partial charge in [-0.05, 0) is 43.5 Å². The Morgan fingerprint density at radius 3 is 2.55 bits per heavy atom. The molecule has 0 atom stereocenters. The summed E-state index contributed by atoms with van der Waals surface area (Å²) in [5, 5.41) is 3.64. The second-order valence-electron chi connectivity index (χ2n) is 5.54. The van der Waals surface area contributed by atoms with Crippen molar-refractivity contribution in [1.29, 1.82) is 0 Å². The van der Waals surface area contributed by atoms with Crippen LogP contribution in [0.5, 0.6) is 5.75 Å². The molecule has 0 unspecified atom stereocenters. The lowest BCUT2D eigenvalue weighted by Crippen LogP contribution is -2.32. The van der Waals surface area contributed by atoms with Gasteiger partial charge in [-0.1, -0.05) is 31.4 Å². The lowest BCUT2D eigenvalue weighted by Gasteiger charge is -2.22. The molecule has 20 heavy (non-hydrogen) atoms. The van der Waals surface area contributed by atoms with E-state index in [0.717, 1.165) is 31.4 Å².